The highest BCUT2D eigenvalue weighted by Crippen LogP contribution is 2.22. The Morgan fingerprint density at radius 1 is 1.16 bits per heavy atom. The zero-order chi connectivity index (χ0) is 17.5. The first-order valence-electron chi connectivity index (χ1n) is 7.92. The average molecular weight is 367 g/mol. The van der Waals surface area contributed by atoms with E-state index < -0.39 is 0 Å². The molecule has 4 nitrogen and oxygen atoms in total. The fraction of sp³-hybridized carbons (Fsp3) is 0.316. The molecule has 0 bridgehead atoms. The maximum absolute atomic E-state index is 13.1. The highest BCUT2D eigenvalue weighted by atomic mass is 35.5. The molecule has 0 aliphatic carbocycles. The summed E-state index contributed by atoms with van der Waals surface area (Å²) in [6.45, 7) is 2.08. The van der Waals surface area contributed by atoms with E-state index in [1.165, 1.54) is 12.1 Å². The number of benzene rings is 2. The Labute approximate surface area is 154 Å². The summed E-state index contributed by atoms with van der Waals surface area (Å²) < 4.78 is 18.3. The number of nitrogens with two attached hydrogens (primary N) is 1. The van der Waals surface area contributed by atoms with E-state index in [0.29, 0.717) is 6.42 Å². The van der Waals surface area contributed by atoms with Gasteiger partial charge in [-0.15, -0.1) is 12.4 Å². The molecule has 2 atom stereocenters. The van der Waals surface area contributed by atoms with E-state index in [-0.39, 0.29) is 42.6 Å². The minimum Gasteiger partial charge on any atom is -0.497 e. The van der Waals surface area contributed by atoms with Crippen LogP contribution in [-0.4, -0.2) is 19.6 Å². The second-order valence-electron chi connectivity index (χ2n) is 5.80. The Bertz CT molecular complexity index is 662. The minimum atomic E-state index is -0.277. The first-order chi connectivity index (χ1) is 11.5. The van der Waals surface area contributed by atoms with Gasteiger partial charge in [-0.1, -0.05) is 31.2 Å². The molecule has 0 aromatic heterocycles. The predicted octanol–water partition coefficient (Wildman–Crippen LogP) is 3.25. The summed E-state index contributed by atoms with van der Waals surface area (Å²) in [7, 11) is 1.61. The van der Waals surface area contributed by atoms with Crippen LogP contribution in [0.3, 0.4) is 0 Å². The van der Waals surface area contributed by atoms with Gasteiger partial charge in [0.2, 0.25) is 5.91 Å². The van der Waals surface area contributed by atoms with Crippen molar-refractivity contribution >= 4 is 18.3 Å². The maximum Gasteiger partial charge on any atom is 0.224 e. The van der Waals surface area contributed by atoms with E-state index in [9.17, 15) is 9.18 Å². The molecule has 0 aliphatic rings. The molecule has 0 fully saturated rings. The van der Waals surface area contributed by atoms with E-state index in [1.54, 1.807) is 26.2 Å². The van der Waals surface area contributed by atoms with Crippen molar-refractivity contribution in [3.05, 3.63) is 65.5 Å². The Balaban J connectivity index is 0.00000312. The molecule has 0 heterocycles. The van der Waals surface area contributed by atoms with Crippen LogP contribution in [0.15, 0.2) is 48.5 Å². The molecule has 0 saturated carbocycles. The van der Waals surface area contributed by atoms with Gasteiger partial charge in [0.25, 0.3) is 0 Å². The van der Waals surface area contributed by atoms with Crippen LogP contribution >= 0.6 is 12.4 Å². The number of hydrogen-bond donors (Lipinski definition) is 2. The van der Waals surface area contributed by atoms with Crippen LogP contribution in [0.2, 0.25) is 0 Å². The first kappa shape index (κ1) is 20.9. The lowest BCUT2D eigenvalue weighted by Gasteiger charge is -2.21. The molecule has 136 valence electrons. The van der Waals surface area contributed by atoms with Crippen LogP contribution in [0, 0.1) is 11.7 Å². The Morgan fingerprint density at radius 3 is 2.28 bits per heavy atom. The summed E-state index contributed by atoms with van der Waals surface area (Å²) in [5.41, 5.74) is 7.47. The van der Waals surface area contributed by atoms with Crippen LogP contribution in [0.25, 0.3) is 0 Å². The Hall–Kier alpha value is -2.11. The largest absolute Gasteiger partial charge is 0.497 e. The van der Waals surface area contributed by atoms with Gasteiger partial charge in [0, 0.05) is 12.5 Å². The van der Waals surface area contributed by atoms with Crippen molar-refractivity contribution in [1.82, 2.24) is 5.32 Å². The lowest BCUT2D eigenvalue weighted by molar-refractivity contribution is -0.125. The van der Waals surface area contributed by atoms with Crippen LogP contribution in [0.1, 0.15) is 24.1 Å². The zero-order valence-corrected chi connectivity index (χ0v) is 15.2. The summed E-state index contributed by atoms with van der Waals surface area (Å²) >= 11 is 0. The van der Waals surface area contributed by atoms with Gasteiger partial charge in [-0.2, -0.15) is 0 Å². The van der Waals surface area contributed by atoms with Crippen LogP contribution in [0.4, 0.5) is 4.39 Å². The van der Waals surface area contributed by atoms with Crippen LogP contribution in [0.5, 0.6) is 5.75 Å². The molecule has 3 N–H and O–H groups in total. The van der Waals surface area contributed by atoms with Gasteiger partial charge in [0.15, 0.2) is 0 Å². The second-order valence-corrected chi connectivity index (χ2v) is 5.80. The van der Waals surface area contributed by atoms with Crippen LogP contribution < -0.4 is 15.8 Å². The standard InChI is InChI=1S/C19H23FN2O2.ClH/c1-13(12-21)19(23)22-18(11-14-3-7-16(20)8-4-14)15-5-9-17(24-2)10-6-15;/h3-10,13,18H,11-12,21H2,1-2H3,(H,22,23);1H. The number of hydrogen-bond acceptors (Lipinski definition) is 3. The fourth-order valence-electron chi connectivity index (χ4n) is 2.37. The summed E-state index contributed by atoms with van der Waals surface area (Å²) in [5, 5.41) is 3.03. The molecule has 25 heavy (non-hydrogen) atoms. The van der Waals surface area contributed by atoms with Crippen molar-refractivity contribution in [1.29, 1.82) is 0 Å². The summed E-state index contributed by atoms with van der Waals surface area (Å²) in [6, 6.07) is 13.6. The van der Waals surface area contributed by atoms with Crippen LogP contribution in [-0.2, 0) is 11.2 Å². The summed E-state index contributed by atoms with van der Waals surface area (Å²) in [5.74, 6) is 0.112. The highest BCUT2D eigenvalue weighted by molar-refractivity contribution is 5.85. The lowest BCUT2D eigenvalue weighted by Crippen LogP contribution is -2.36. The SMILES string of the molecule is COc1ccc(C(Cc2ccc(F)cc2)NC(=O)C(C)CN)cc1.Cl. The second kappa shape index (κ2) is 10.0. The van der Waals surface area contributed by atoms with E-state index in [0.717, 1.165) is 16.9 Å². The number of carbonyl (C=O) groups is 1. The molecule has 0 radical (unpaired) electrons. The zero-order valence-electron chi connectivity index (χ0n) is 14.4. The molecule has 6 heteroatoms. The van der Waals surface area contributed by atoms with Gasteiger partial charge in [-0.05, 0) is 41.8 Å². The number of ether oxygens (including phenoxy) is 1. The minimum absolute atomic E-state index is 0. The third-order valence-corrected chi connectivity index (χ3v) is 3.99. The van der Waals surface area contributed by atoms with Gasteiger partial charge in [0.05, 0.1) is 13.2 Å². The van der Waals surface area contributed by atoms with E-state index in [2.05, 4.69) is 5.32 Å². The molecule has 2 aromatic rings. The third-order valence-electron chi connectivity index (χ3n) is 3.99. The van der Waals surface area contributed by atoms with Gasteiger partial charge in [0.1, 0.15) is 11.6 Å². The highest BCUT2D eigenvalue weighted by Gasteiger charge is 2.19. The number of carbonyl (C=O) groups excluding carboxylic acids is 1. The van der Waals surface area contributed by atoms with E-state index >= 15 is 0 Å². The van der Waals surface area contributed by atoms with Crippen molar-refractivity contribution in [2.75, 3.05) is 13.7 Å². The number of amides is 1. The quantitative estimate of drug-likeness (QED) is 0.790. The number of methoxy groups -OCH3 is 1. The molecule has 1 amide bonds. The average Bonchev–Trinajstić information content (AvgIpc) is 2.62. The van der Waals surface area contributed by atoms with E-state index in [1.807, 2.05) is 24.3 Å². The smallest absolute Gasteiger partial charge is 0.224 e. The molecule has 2 rings (SSSR count). The van der Waals surface area contributed by atoms with Gasteiger partial charge in [-0.3, -0.25) is 4.79 Å². The molecule has 0 spiro atoms. The first-order valence-corrected chi connectivity index (χ1v) is 7.92. The lowest BCUT2D eigenvalue weighted by atomic mass is 9.97. The van der Waals surface area contributed by atoms with Gasteiger partial charge >= 0.3 is 0 Å². The van der Waals surface area contributed by atoms with Crippen molar-refractivity contribution in [2.45, 2.75) is 19.4 Å². The number of rotatable bonds is 7. The summed E-state index contributed by atoms with van der Waals surface area (Å²) in [6.07, 6.45) is 0.565. The van der Waals surface area contributed by atoms with Gasteiger partial charge in [-0.25, -0.2) is 4.39 Å². The Kier molecular flexibility index (Phi) is 8.38. The maximum atomic E-state index is 13.1. The fourth-order valence-corrected chi connectivity index (χ4v) is 2.37. The molecule has 0 saturated heterocycles. The number of nitrogens with one attached hydrogen (secondary N) is 1. The van der Waals surface area contributed by atoms with Crippen molar-refractivity contribution in [3.63, 3.8) is 0 Å². The summed E-state index contributed by atoms with van der Waals surface area (Å²) in [4.78, 5) is 12.2. The Morgan fingerprint density at radius 2 is 1.76 bits per heavy atom. The molecule has 2 aromatic carbocycles. The third kappa shape index (κ3) is 6.03. The van der Waals surface area contributed by atoms with Crippen molar-refractivity contribution in [2.24, 2.45) is 11.7 Å². The molecule has 0 aliphatic heterocycles. The molecular formula is C19H24ClFN2O2. The normalized spacial score (nSPS) is 12.6. The molecular weight excluding hydrogens is 343 g/mol. The van der Waals surface area contributed by atoms with Crippen molar-refractivity contribution in [3.8, 4) is 5.75 Å². The molecule has 2 unspecified atom stereocenters. The van der Waals surface area contributed by atoms with Gasteiger partial charge < -0.3 is 15.8 Å². The monoisotopic (exact) mass is 366 g/mol. The predicted molar refractivity (Wildman–Crippen MR) is 99.4 cm³/mol. The number of halogens is 2. The topological polar surface area (TPSA) is 64.3 Å². The van der Waals surface area contributed by atoms with Crippen molar-refractivity contribution < 1.29 is 13.9 Å². The van der Waals surface area contributed by atoms with E-state index in [4.69, 9.17) is 10.5 Å².